The molecular weight excluding hydrogens is 463 g/mol. The molecule has 1 aromatic rings. The number of nitrogens with one attached hydrogen (secondary N) is 2. The molecule has 0 amide bonds. The highest BCUT2D eigenvalue weighted by Crippen LogP contribution is 2.15. The van der Waals surface area contributed by atoms with Crippen molar-refractivity contribution in [3.8, 4) is 0 Å². The molecule has 6 heteroatoms. The highest BCUT2D eigenvalue weighted by Gasteiger charge is 2.21. The number of hydrogen-bond acceptors (Lipinski definition) is 3. The lowest BCUT2D eigenvalue weighted by atomic mass is 10.1. The van der Waals surface area contributed by atoms with Gasteiger partial charge in [0.2, 0.25) is 0 Å². The van der Waals surface area contributed by atoms with E-state index in [1.165, 1.54) is 38.0 Å². The van der Waals surface area contributed by atoms with Crippen LogP contribution in [0.3, 0.4) is 0 Å². The van der Waals surface area contributed by atoms with Gasteiger partial charge in [0, 0.05) is 26.2 Å². The third kappa shape index (κ3) is 10.1. The van der Waals surface area contributed by atoms with Crippen LogP contribution in [0.2, 0.25) is 0 Å². The average Bonchev–Trinajstić information content (AvgIpc) is 3.13. The van der Waals surface area contributed by atoms with Crippen LogP contribution in [0.25, 0.3) is 0 Å². The summed E-state index contributed by atoms with van der Waals surface area (Å²) in [6.45, 7) is 14.3. The lowest BCUT2D eigenvalue weighted by Crippen LogP contribution is -2.40. The van der Waals surface area contributed by atoms with Gasteiger partial charge in [-0.3, -0.25) is 4.99 Å². The number of guanidine groups is 1. The number of likely N-dealkylation sites (tertiary alicyclic amines) is 1. The van der Waals surface area contributed by atoms with Gasteiger partial charge in [-0.2, -0.15) is 0 Å². The zero-order valence-corrected chi connectivity index (χ0v) is 20.2. The van der Waals surface area contributed by atoms with E-state index in [-0.39, 0.29) is 24.0 Å². The Bertz CT molecular complexity index is 541. The zero-order valence-electron chi connectivity index (χ0n) is 17.8. The van der Waals surface area contributed by atoms with Crippen LogP contribution >= 0.6 is 24.0 Å². The second-order valence-electron chi connectivity index (χ2n) is 7.66. The van der Waals surface area contributed by atoms with Crippen LogP contribution in [0, 0.1) is 11.8 Å². The Labute approximate surface area is 188 Å². The summed E-state index contributed by atoms with van der Waals surface area (Å²) < 4.78 is 5.83. The first-order chi connectivity index (χ1) is 13.2. The fraction of sp³-hybridized carbons (Fsp3) is 0.682. The molecule has 0 saturated carbocycles. The van der Waals surface area contributed by atoms with Crippen LogP contribution in [-0.2, 0) is 11.3 Å². The molecule has 160 valence electrons. The van der Waals surface area contributed by atoms with E-state index in [1.54, 1.807) is 0 Å². The van der Waals surface area contributed by atoms with E-state index in [2.05, 4.69) is 48.4 Å². The minimum absolute atomic E-state index is 0. The SMILES string of the molecule is CCCN1CCC(CNC(=NCC(C)COCc2ccccc2)NCC)C1.I. The smallest absolute Gasteiger partial charge is 0.191 e. The molecule has 0 spiro atoms. The van der Waals surface area contributed by atoms with Crippen LogP contribution < -0.4 is 10.6 Å². The first kappa shape index (κ1) is 25.2. The molecule has 1 fully saturated rings. The van der Waals surface area contributed by atoms with Gasteiger partial charge in [-0.1, -0.05) is 44.2 Å². The quantitative estimate of drug-likeness (QED) is 0.275. The molecule has 1 saturated heterocycles. The molecule has 0 aliphatic carbocycles. The Morgan fingerprint density at radius 2 is 2.04 bits per heavy atom. The summed E-state index contributed by atoms with van der Waals surface area (Å²) in [7, 11) is 0. The average molecular weight is 502 g/mol. The van der Waals surface area contributed by atoms with Crippen LogP contribution in [-0.4, -0.2) is 56.7 Å². The molecule has 2 rings (SSSR count). The Kier molecular flexibility index (Phi) is 13.5. The van der Waals surface area contributed by atoms with Gasteiger partial charge < -0.3 is 20.3 Å². The van der Waals surface area contributed by atoms with E-state index in [0.29, 0.717) is 12.5 Å². The highest BCUT2D eigenvalue weighted by molar-refractivity contribution is 14.0. The van der Waals surface area contributed by atoms with Gasteiger partial charge in [0.25, 0.3) is 0 Å². The van der Waals surface area contributed by atoms with Gasteiger partial charge in [0.15, 0.2) is 5.96 Å². The Morgan fingerprint density at radius 1 is 1.25 bits per heavy atom. The van der Waals surface area contributed by atoms with Crippen molar-refractivity contribution in [2.75, 3.05) is 45.9 Å². The second kappa shape index (κ2) is 15.0. The molecule has 1 aliphatic heterocycles. The maximum Gasteiger partial charge on any atom is 0.191 e. The van der Waals surface area contributed by atoms with Crippen molar-refractivity contribution >= 4 is 29.9 Å². The Hall–Kier alpha value is -0.860. The summed E-state index contributed by atoms with van der Waals surface area (Å²) in [4.78, 5) is 7.33. The first-order valence-corrected chi connectivity index (χ1v) is 10.6. The highest BCUT2D eigenvalue weighted by atomic mass is 127. The standard InChI is InChI=1S/C22H38N4O.HI/c1-4-12-26-13-11-21(16-26)15-25-22(23-5-2)24-14-19(3)17-27-18-20-9-7-6-8-10-20;/h6-10,19,21H,4-5,11-18H2,1-3H3,(H2,23,24,25);1H. The fourth-order valence-corrected chi connectivity index (χ4v) is 3.43. The van der Waals surface area contributed by atoms with Gasteiger partial charge >= 0.3 is 0 Å². The number of rotatable bonds is 11. The molecule has 1 heterocycles. The molecule has 5 nitrogen and oxygen atoms in total. The molecule has 2 atom stereocenters. The van der Waals surface area contributed by atoms with Crippen molar-refractivity contribution in [1.82, 2.24) is 15.5 Å². The van der Waals surface area contributed by atoms with E-state index >= 15 is 0 Å². The van der Waals surface area contributed by atoms with Gasteiger partial charge in [-0.05, 0) is 50.3 Å². The van der Waals surface area contributed by atoms with E-state index in [1.807, 2.05) is 18.2 Å². The summed E-state index contributed by atoms with van der Waals surface area (Å²) in [6, 6.07) is 10.3. The number of hydrogen-bond donors (Lipinski definition) is 2. The number of ether oxygens (including phenoxy) is 1. The number of benzene rings is 1. The maximum absolute atomic E-state index is 5.83. The van der Waals surface area contributed by atoms with Crippen molar-refractivity contribution in [2.24, 2.45) is 16.8 Å². The van der Waals surface area contributed by atoms with Gasteiger partial charge in [-0.25, -0.2) is 0 Å². The molecule has 0 radical (unpaired) electrons. The molecule has 0 bridgehead atoms. The predicted octanol–water partition coefficient (Wildman–Crippen LogP) is 3.74. The van der Waals surface area contributed by atoms with Crippen molar-refractivity contribution in [3.05, 3.63) is 35.9 Å². The summed E-state index contributed by atoms with van der Waals surface area (Å²) in [5, 5.41) is 6.90. The van der Waals surface area contributed by atoms with E-state index in [4.69, 9.17) is 9.73 Å². The predicted molar refractivity (Wildman–Crippen MR) is 129 cm³/mol. The molecule has 28 heavy (non-hydrogen) atoms. The fourth-order valence-electron chi connectivity index (χ4n) is 3.43. The second-order valence-corrected chi connectivity index (χ2v) is 7.66. The molecule has 2 N–H and O–H groups in total. The lowest BCUT2D eigenvalue weighted by Gasteiger charge is -2.17. The molecule has 1 aliphatic rings. The van der Waals surface area contributed by atoms with E-state index in [0.717, 1.165) is 38.1 Å². The summed E-state index contributed by atoms with van der Waals surface area (Å²) >= 11 is 0. The summed E-state index contributed by atoms with van der Waals surface area (Å²) in [5.41, 5.74) is 1.22. The Morgan fingerprint density at radius 3 is 2.75 bits per heavy atom. The summed E-state index contributed by atoms with van der Waals surface area (Å²) in [5.74, 6) is 2.06. The van der Waals surface area contributed by atoms with Crippen LogP contribution in [0.4, 0.5) is 0 Å². The third-order valence-corrected chi connectivity index (χ3v) is 4.89. The molecule has 0 aromatic heterocycles. The number of nitrogens with zero attached hydrogens (tertiary/aromatic N) is 2. The van der Waals surface area contributed by atoms with E-state index < -0.39 is 0 Å². The molecule has 2 unspecified atom stereocenters. The van der Waals surface area contributed by atoms with Crippen molar-refractivity contribution in [2.45, 2.75) is 40.2 Å². The van der Waals surface area contributed by atoms with Crippen LogP contribution in [0.5, 0.6) is 0 Å². The van der Waals surface area contributed by atoms with Crippen molar-refractivity contribution in [1.29, 1.82) is 0 Å². The topological polar surface area (TPSA) is 48.9 Å². The molecule has 1 aromatic carbocycles. The number of aliphatic imine (C=N–C) groups is 1. The number of halogens is 1. The maximum atomic E-state index is 5.83. The van der Waals surface area contributed by atoms with Gasteiger partial charge in [0.05, 0.1) is 13.2 Å². The normalized spacial score (nSPS) is 18.5. The van der Waals surface area contributed by atoms with Gasteiger partial charge in [-0.15, -0.1) is 24.0 Å². The molecular formula is C22H39IN4O. The largest absolute Gasteiger partial charge is 0.376 e. The zero-order chi connectivity index (χ0) is 19.3. The minimum atomic E-state index is 0. The van der Waals surface area contributed by atoms with Crippen LogP contribution in [0.1, 0.15) is 39.2 Å². The lowest BCUT2D eigenvalue weighted by molar-refractivity contribution is 0.0945. The van der Waals surface area contributed by atoms with Crippen LogP contribution in [0.15, 0.2) is 35.3 Å². The van der Waals surface area contributed by atoms with Crippen molar-refractivity contribution in [3.63, 3.8) is 0 Å². The minimum Gasteiger partial charge on any atom is -0.376 e. The summed E-state index contributed by atoms with van der Waals surface area (Å²) in [6.07, 6.45) is 2.53. The van der Waals surface area contributed by atoms with Crippen molar-refractivity contribution < 1.29 is 4.74 Å². The Balaban J connectivity index is 0.00000392. The monoisotopic (exact) mass is 502 g/mol. The van der Waals surface area contributed by atoms with Gasteiger partial charge in [0.1, 0.15) is 0 Å². The third-order valence-electron chi connectivity index (χ3n) is 4.89. The first-order valence-electron chi connectivity index (χ1n) is 10.6. The van der Waals surface area contributed by atoms with E-state index in [9.17, 15) is 0 Å².